The Morgan fingerprint density at radius 3 is 3.00 bits per heavy atom. The highest BCUT2D eigenvalue weighted by Crippen LogP contribution is 2.18. The number of hydrogen-bond acceptors (Lipinski definition) is 4. The summed E-state index contributed by atoms with van der Waals surface area (Å²) in [6, 6.07) is 0. The average Bonchev–Trinajstić information content (AvgIpc) is 2.16. The monoisotopic (exact) mass is 191 g/mol. The van der Waals surface area contributed by atoms with E-state index >= 15 is 0 Å². The summed E-state index contributed by atoms with van der Waals surface area (Å²) < 4.78 is 0. The van der Waals surface area contributed by atoms with Crippen LogP contribution < -0.4 is 5.32 Å². The number of thioether (sulfide) groups is 1. The quantitative estimate of drug-likeness (QED) is 0.577. The first kappa shape index (κ1) is 10.3. The molecule has 4 heteroatoms. The summed E-state index contributed by atoms with van der Waals surface area (Å²) in [5.74, 6) is 0.656. The van der Waals surface area contributed by atoms with Crippen molar-refractivity contribution in [3.8, 4) is 0 Å². The van der Waals surface area contributed by atoms with E-state index in [0.717, 1.165) is 13.1 Å². The lowest BCUT2D eigenvalue weighted by Gasteiger charge is -2.22. The van der Waals surface area contributed by atoms with Crippen LogP contribution in [0.4, 0.5) is 0 Å². The molecule has 1 aliphatic rings. The maximum Gasteiger partial charge on any atom is 0.0861 e. The minimum absolute atomic E-state index is 0.118. The maximum absolute atomic E-state index is 9.10. The molecule has 12 heavy (non-hydrogen) atoms. The van der Waals surface area contributed by atoms with Crippen LogP contribution in [0.15, 0.2) is 0 Å². The molecule has 0 aliphatic carbocycles. The Morgan fingerprint density at radius 2 is 2.42 bits per heavy atom. The van der Waals surface area contributed by atoms with E-state index in [1.807, 2.05) is 0 Å². The Morgan fingerprint density at radius 1 is 1.58 bits per heavy atom. The second kappa shape index (κ2) is 5.80. The third-order valence-electron chi connectivity index (χ3n) is 1.99. The van der Waals surface area contributed by atoms with Gasteiger partial charge in [0.05, 0.1) is 12.7 Å². The van der Waals surface area contributed by atoms with Crippen molar-refractivity contribution in [2.24, 2.45) is 0 Å². The third-order valence-corrected chi connectivity index (χ3v) is 3.44. The van der Waals surface area contributed by atoms with Crippen LogP contribution in [0.3, 0.4) is 0 Å². The summed E-state index contributed by atoms with van der Waals surface area (Å²) >= 11 is 1.76. The van der Waals surface area contributed by atoms with E-state index in [-0.39, 0.29) is 6.61 Å². The predicted molar refractivity (Wildman–Crippen MR) is 51.4 cm³/mol. The van der Waals surface area contributed by atoms with E-state index < -0.39 is 6.10 Å². The number of hydrogen-bond donors (Lipinski definition) is 3. The summed E-state index contributed by atoms with van der Waals surface area (Å²) in [5, 5.41) is 21.6. The number of rotatable bonds is 4. The molecule has 0 spiro atoms. The molecule has 72 valence electrons. The molecule has 0 bridgehead atoms. The Balaban J connectivity index is 2.05. The van der Waals surface area contributed by atoms with E-state index in [4.69, 9.17) is 10.2 Å². The highest BCUT2D eigenvalue weighted by molar-refractivity contribution is 7.99. The molecule has 0 radical (unpaired) electrons. The summed E-state index contributed by atoms with van der Waals surface area (Å²) in [6.07, 6.45) is 1.92. The first-order valence-corrected chi connectivity index (χ1v) is 5.49. The van der Waals surface area contributed by atoms with Gasteiger partial charge in [-0.05, 0) is 19.4 Å². The highest BCUT2D eigenvalue weighted by Gasteiger charge is 2.14. The molecule has 1 aliphatic heterocycles. The van der Waals surface area contributed by atoms with Gasteiger partial charge in [-0.3, -0.25) is 0 Å². The zero-order chi connectivity index (χ0) is 8.81. The Hall–Kier alpha value is 0.230. The lowest BCUT2D eigenvalue weighted by Crippen LogP contribution is -2.32. The molecule has 0 aromatic heterocycles. The van der Waals surface area contributed by atoms with Crippen LogP contribution in [0.25, 0.3) is 0 Å². The fraction of sp³-hybridized carbons (Fsp3) is 1.00. The molecule has 0 aromatic rings. The van der Waals surface area contributed by atoms with E-state index in [1.165, 1.54) is 12.8 Å². The van der Waals surface area contributed by atoms with Crippen molar-refractivity contribution in [3.63, 3.8) is 0 Å². The minimum atomic E-state index is -0.545. The molecular weight excluding hydrogens is 174 g/mol. The van der Waals surface area contributed by atoms with Crippen LogP contribution in [0.5, 0.6) is 0 Å². The van der Waals surface area contributed by atoms with Crippen molar-refractivity contribution in [1.29, 1.82) is 0 Å². The smallest absolute Gasteiger partial charge is 0.0861 e. The van der Waals surface area contributed by atoms with Crippen molar-refractivity contribution in [1.82, 2.24) is 5.32 Å². The average molecular weight is 191 g/mol. The molecule has 1 heterocycles. The lowest BCUT2D eigenvalue weighted by atomic mass is 10.2. The van der Waals surface area contributed by atoms with Crippen molar-refractivity contribution in [2.45, 2.75) is 24.2 Å². The first-order chi connectivity index (χ1) is 5.83. The molecule has 0 amide bonds. The molecule has 1 saturated heterocycles. The third kappa shape index (κ3) is 3.76. The maximum atomic E-state index is 9.10. The highest BCUT2D eigenvalue weighted by atomic mass is 32.2. The van der Waals surface area contributed by atoms with Crippen molar-refractivity contribution < 1.29 is 10.2 Å². The molecular formula is C8H17NO2S. The molecule has 0 aromatic carbocycles. The van der Waals surface area contributed by atoms with Crippen LogP contribution in [0.2, 0.25) is 0 Å². The van der Waals surface area contributed by atoms with Gasteiger partial charge in [0.15, 0.2) is 0 Å². The van der Waals surface area contributed by atoms with E-state index in [9.17, 15) is 0 Å². The summed E-state index contributed by atoms with van der Waals surface area (Å²) in [5.41, 5.74) is 0. The fourth-order valence-corrected chi connectivity index (χ4v) is 2.43. The second-order valence-electron chi connectivity index (χ2n) is 3.14. The van der Waals surface area contributed by atoms with Crippen LogP contribution in [0.1, 0.15) is 12.8 Å². The Bertz CT molecular complexity index is 118. The topological polar surface area (TPSA) is 52.5 Å². The van der Waals surface area contributed by atoms with Crippen LogP contribution in [-0.2, 0) is 0 Å². The van der Waals surface area contributed by atoms with Gasteiger partial charge < -0.3 is 15.5 Å². The number of piperidine rings is 1. The van der Waals surface area contributed by atoms with Gasteiger partial charge in [0.2, 0.25) is 0 Å². The van der Waals surface area contributed by atoms with E-state index in [1.54, 1.807) is 11.8 Å². The molecule has 0 saturated carbocycles. The van der Waals surface area contributed by atoms with Crippen molar-refractivity contribution >= 4 is 11.8 Å². The van der Waals surface area contributed by atoms with Gasteiger partial charge in [0.1, 0.15) is 0 Å². The number of aliphatic hydroxyl groups is 2. The largest absolute Gasteiger partial charge is 0.394 e. The minimum Gasteiger partial charge on any atom is -0.394 e. The summed E-state index contributed by atoms with van der Waals surface area (Å²) in [4.78, 5) is 0. The van der Waals surface area contributed by atoms with Crippen LogP contribution in [0, 0.1) is 0 Å². The number of nitrogens with one attached hydrogen (secondary N) is 1. The van der Waals surface area contributed by atoms with Crippen LogP contribution in [-0.4, -0.2) is 47.0 Å². The first-order valence-electron chi connectivity index (χ1n) is 4.44. The standard InChI is InChI=1S/C8H17NO2S/c10-5-7(11)6-12-8-2-1-3-9-4-8/h7-11H,1-6H2. The molecule has 3 nitrogen and oxygen atoms in total. The Labute approximate surface area is 77.5 Å². The second-order valence-corrected chi connectivity index (χ2v) is 4.47. The summed E-state index contributed by atoms with van der Waals surface area (Å²) in [7, 11) is 0. The number of aliphatic hydroxyl groups excluding tert-OH is 2. The molecule has 2 atom stereocenters. The van der Waals surface area contributed by atoms with Gasteiger partial charge in [0, 0.05) is 17.5 Å². The SMILES string of the molecule is OCC(O)CSC1CCCNC1. The zero-order valence-electron chi connectivity index (χ0n) is 7.20. The Kier molecular flexibility index (Phi) is 4.99. The molecule has 2 unspecified atom stereocenters. The van der Waals surface area contributed by atoms with Crippen molar-refractivity contribution in [2.75, 3.05) is 25.4 Å². The molecule has 1 fully saturated rings. The lowest BCUT2D eigenvalue weighted by molar-refractivity contribution is 0.113. The van der Waals surface area contributed by atoms with E-state index in [0.29, 0.717) is 11.0 Å². The molecule has 1 rings (SSSR count). The molecule has 3 N–H and O–H groups in total. The normalized spacial score (nSPS) is 27.0. The van der Waals surface area contributed by atoms with E-state index in [2.05, 4.69) is 5.32 Å². The van der Waals surface area contributed by atoms with Gasteiger partial charge in [0.25, 0.3) is 0 Å². The zero-order valence-corrected chi connectivity index (χ0v) is 8.02. The van der Waals surface area contributed by atoms with Crippen molar-refractivity contribution in [3.05, 3.63) is 0 Å². The fourth-order valence-electron chi connectivity index (χ4n) is 1.26. The predicted octanol–water partition coefficient (Wildman–Crippen LogP) is -0.175. The van der Waals surface area contributed by atoms with Gasteiger partial charge in [-0.15, -0.1) is 0 Å². The van der Waals surface area contributed by atoms with Gasteiger partial charge >= 0.3 is 0 Å². The van der Waals surface area contributed by atoms with Crippen LogP contribution >= 0.6 is 11.8 Å². The van der Waals surface area contributed by atoms with Gasteiger partial charge in [-0.2, -0.15) is 11.8 Å². The van der Waals surface area contributed by atoms with Gasteiger partial charge in [-0.1, -0.05) is 0 Å². The van der Waals surface area contributed by atoms with Gasteiger partial charge in [-0.25, -0.2) is 0 Å². The summed E-state index contributed by atoms with van der Waals surface area (Å²) in [6.45, 7) is 2.05.